The third-order valence-corrected chi connectivity index (χ3v) is 5.43. The zero-order valence-electron chi connectivity index (χ0n) is 11.5. The monoisotopic (exact) mass is 321 g/mol. The van der Waals surface area contributed by atoms with Crippen LogP contribution in [0, 0.1) is 0 Å². The lowest BCUT2D eigenvalue weighted by Crippen LogP contribution is -2.32. The first-order valence-electron chi connectivity index (χ1n) is 6.31. The number of nitrogens with zero attached hydrogens (tertiary/aromatic N) is 1. The first kappa shape index (κ1) is 17.1. The van der Waals surface area contributed by atoms with E-state index in [2.05, 4.69) is 0 Å². The van der Waals surface area contributed by atoms with Crippen LogP contribution in [-0.2, 0) is 20.1 Å². The standard InChI is InChI=1S/C12H19NO5S2/c1-3-8-13(9-4-2)19(14,15)11-6-5-7-12(10-11)20(16,17)18/h5-7,10H,3-4,8-9H2,1-2H3,(H,16,17,18). The van der Waals surface area contributed by atoms with Crippen molar-refractivity contribution in [2.24, 2.45) is 0 Å². The molecule has 0 heterocycles. The molecule has 0 aliphatic heterocycles. The average Bonchev–Trinajstić information content (AvgIpc) is 2.37. The van der Waals surface area contributed by atoms with Crippen LogP contribution in [0.15, 0.2) is 34.1 Å². The number of hydrogen-bond donors (Lipinski definition) is 1. The molecule has 0 atom stereocenters. The molecule has 0 aromatic heterocycles. The lowest BCUT2D eigenvalue weighted by atomic mass is 10.4. The van der Waals surface area contributed by atoms with Crippen molar-refractivity contribution in [1.82, 2.24) is 4.31 Å². The summed E-state index contributed by atoms with van der Waals surface area (Å²) in [5.74, 6) is 0. The predicted molar refractivity (Wildman–Crippen MR) is 75.6 cm³/mol. The molecule has 6 nitrogen and oxygen atoms in total. The number of sulfonamides is 1. The maximum absolute atomic E-state index is 12.4. The van der Waals surface area contributed by atoms with Crippen LogP contribution in [0.5, 0.6) is 0 Å². The van der Waals surface area contributed by atoms with Gasteiger partial charge in [-0.3, -0.25) is 4.55 Å². The molecule has 0 saturated carbocycles. The molecule has 0 aliphatic rings. The molecule has 8 heteroatoms. The Balaban J connectivity index is 3.27. The van der Waals surface area contributed by atoms with Crippen molar-refractivity contribution in [3.05, 3.63) is 24.3 Å². The lowest BCUT2D eigenvalue weighted by Gasteiger charge is -2.21. The van der Waals surface area contributed by atoms with E-state index in [4.69, 9.17) is 4.55 Å². The first-order valence-corrected chi connectivity index (χ1v) is 9.19. The van der Waals surface area contributed by atoms with Crippen LogP contribution >= 0.6 is 0 Å². The third kappa shape index (κ3) is 4.02. The van der Waals surface area contributed by atoms with Gasteiger partial charge in [-0.05, 0) is 31.0 Å². The summed E-state index contributed by atoms with van der Waals surface area (Å²) in [5, 5.41) is 0. The van der Waals surface area contributed by atoms with E-state index in [9.17, 15) is 16.8 Å². The Morgan fingerprint density at radius 3 is 1.95 bits per heavy atom. The minimum atomic E-state index is -4.42. The summed E-state index contributed by atoms with van der Waals surface area (Å²) in [7, 11) is -8.17. The summed E-state index contributed by atoms with van der Waals surface area (Å²) in [6.07, 6.45) is 1.33. The molecule has 1 aromatic rings. The lowest BCUT2D eigenvalue weighted by molar-refractivity contribution is 0.410. The molecule has 114 valence electrons. The van der Waals surface area contributed by atoms with Gasteiger partial charge in [0.15, 0.2) is 0 Å². The van der Waals surface area contributed by atoms with Crippen LogP contribution in [0.4, 0.5) is 0 Å². The minimum Gasteiger partial charge on any atom is -0.282 e. The SMILES string of the molecule is CCCN(CCC)S(=O)(=O)c1cccc(S(=O)(=O)O)c1. The van der Waals surface area contributed by atoms with Crippen LogP contribution in [0.25, 0.3) is 0 Å². The fourth-order valence-corrected chi connectivity index (χ4v) is 4.07. The van der Waals surface area contributed by atoms with E-state index < -0.39 is 25.0 Å². The number of rotatable bonds is 7. The highest BCUT2D eigenvalue weighted by Crippen LogP contribution is 2.20. The Labute approximate surface area is 120 Å². The summed E-state index contributed by atoms with van der Waals surface area (Å²) in [6.45, 7) is 4.47. The molecule has 0 radical (unpaired) electrons. The molecule has 0 unspecified atom stereocenters. The molecule has 0 fully saturated rings. The fourth-order valence-electron chi connectivity index (χ4n) is 1.80. The summed E-state index contributed by atoms with van der Waals surface area (Å²) in [6, 6.07) is 4.75. The van der Waals surface area contributed by atoms with Gasteiger partial charge in [-0.1, -0.05) is 19.9 Å². The summed E-state index contributed by atoms with van der Waals surface area (Å²) in [5.41, 5.74) is 0. The van der Waals surface area contributed by atoms with Gasteiger partial charge in [0, 0.05) is 13.1 Å². The smallest absolute Gasteiger partial charge is 0.282 e. The second-order valence-corrected chi connectivity index (χ2v) is 7.71. The van der Waals surface area contributed by atoms with Crippen LogP contribution in [0.2, 0.25) is 0 Å². The van der Waals surface area contributed by atoms with E-state index in [0.29, 0.717) is 25.9 Å². The largest absolute Gasteiger partial charge is 0.294 e. The van der Waals surface area contributed by atoms with Crippen molar-refractivity contribution < 1.29 is 21.4 Å². The van der Waals surface area contributed by atoms with Gasteiger partial charge >= 0.3 is 0 Å². The van der Waals surface area contributed by atoms with Crippen LogP contribution in [0.1, 0.15) is 26.7 Å². The average molecular weight is 321 g/mol. The summed E-state index contributed by atoms with van der Waals surface area (Å²) < 4.78 is 57.3. The van der Waals surface area contributed by atoms with Gasteiger partial charge in [-0.2, -0.15) is 12.7 Å². The fraction of sp³-hybridized carbons (Fsp3) is 0.500. The summed E-state index contributed by atoms with van der Waals surface area (Å²) >= 11 is 0. The highest BCUT2D eigenvalue weighted by atomic mass is 32.2. The Morgan fingerprint density at radius 2 is 1.50 bits per heavy atom. The highest BCUT2D eigenvalue weighted by Gasteiger charge is 2.24. The molecule has 0 spiro atoms. The van der Waals surface area contributed by atoms with Crippen LogP contribution < -0.4 is 0 Å². The normalized spacial score (nSPS) is 12.8. The Morgan fingerprint density at radius 1 is 1.00 bits per heavy atom. The van der Waals surface area contributed by atoms with E-state index in [-0.39, 0.29) is 4.90 Å². The minimum absolute atomic E-state index is 0.130. The number of hydrogen-bond acceptors (Lipinski definition) is 4. The Hall–Kier alpha value is -0.960. The van der Waals surface area contributed by atoms with Gasteiger partial charge in [-0.25, -0.2) is 8.42 Å². The molecule has 0 aliphatic carbocycles. The van der Waals surface area contributed by atoms with Crippen molar-refractivity contribution in [2.45, 2.75) is 36.5 Å². The maximum atomic E-state index is 12.4. The second-order valence-electron chi connectivity index (χ2n) is 4.35. The van der Waals surface area contributed by atoms with Crippen molar-refractivity contribution in [3.8, 4) is 0 Å². The van der Waals surface area contributed by atoms with Gasteiger partial charge in [-0.15, -0.1) is 0 Å². The second kappa shape index (κ2) is 6.66. The third-order valence-electron chi connectivity index (χ3n) is 2.69. The van der Waals surface area contributed by atoms with E-state index in [0.717, 1.165) is 12.1 Å². The highest BCUT2D eigenvalue weighted by molar-refractivity contribution is 7.89. The predicted octanol–water partition coefficient (Wildman–Crippen LogP) is 1.74. The zero-order valence-corrected chi connectivity index (χ0v) is 13.1. The molecule has 1 N–H and O–H groups in total. The van der Waals surface area contributed by atoms with E-state index in [1.54, 1.807) is 0 Å². The first-order chi connectivity index (χ1) is 9.23. The van der Waals surface area contributed by atoms with Gasteiger partial charge in [0.1, 0.15) is 0 Å². The zero-order chi connectivity index (χ0) is 15.4. The van der Waals surface area contributed by atoms with Gasteiger partial charge in [0.2, 0.25) is 10.0 Å². The van der Waals surface area contributed by atoms with E-state index in [1.807, 2.05) is 13.8 Å². The van der Waals surface area contributed by atoms with E-state index >= 15 is 0 Å². The van der Waals surface area contributed by atoms with E-state index in [1.165, 1.54) is 16.4 Å². The topological polar surface area (TPSA) is 91.8 Å². The quantitative estimate of drug-likeness (QED) is 0.772. The molecular formula is C12H19NO5S2. The van der Waals surface area contributed by atoms with Crippen molar-refractivity contribution >= 4 is 20.1 Å². The molecule has 0 saturated heterocycles. The molecule has 0 amide bonds. The van der Waals surface area contributed by atoms with Crippen molar-refractivity contribution in [3.63, 3.8) is 0 Å². The molecule has 0 bridgehead atoms. The molecule has 1 rings (SSSR count). The molecule has 1 aromatic carbocycles. The maximum Gasteiger partial charge on any atom is 0.294 e. The van der Waals surface area contributed by atoms with Crippen molar-refractivity contribution in [1.29, 1.82) is 0 Å². The van der Waals surface area contributed by atoms with Gasteiger partial charge < -0.3 is 0 Å². The summed E-state index contributed by atoms with van der Waals surface area (Å²) in [4.78, 5) is -0.555. The van der Waals surface area contributed by atoms with Crippen LogP contribution in [0.3, 0.4) is 0 Å². The van der Waals surface area contributed by atoms with Crippen molar-refractivity contribution in [2.75, 3.05) is 13.1 Å². The Bertz CT molecular complexity index is 646. The molecule has 20 heavy (non-hydrogen) atoms. The molecular weight excluding hydrogens is 302 g/mol. The van der Waals surface area contributed by atoms with Gasteiger partial charge in [0.05, 0.1) is 9.79 Å². The Kier molecular flexibility index (Phi) is 5.69. The van der Waals surface area contributed by atoms with Gasteiger partial charge in [0.25, 0.3) is 10.1 Å². The number of benzene rings is 1. The van der Waals surface area contributed by atoms with Crippen LogP contribution in [-0.4, -0.2) is 38.8 Å².